The molecule has 16 heteroatoms. The number of anilines is 2. The van der Waals surface area contributed by atoms with E-state index in [4.69, 9.17) is 0 Å². The number of Topliss-reactive ketones (excluding diaryl/α,β-unsaturated/α-hetero) is 1. The van der Waals surface area contributed by atoms with Crippen molar-refractivity contribution in [3.8, 4) is 10.6 Å². The van der Waals surface area contributed by atoms with Crippen molar-refractivity contribution >= 4 is 53.1 Å². The highest BCUT2D eigenvalue weighted by Gasteiger charge is 2.72. The van der Waals surface area contributed by atoms with Crippen LogP contribution in [-0.2, 0) is 14.4 Å². The van der Waals surface area contributed by atoms with Gasteiger partial charge in [-0.05, 0) is 6.92 Å². The molecule has 216 valence electrons. The number of fused-ring (bicyclic) bond motifs is 2. The monoisotopic (exact) mass is 587 g/mol. The molecule has 5 heterocycles. The minimum Gasteiger partial charge on any atom is -0.340 e. The average Bonchev–Trinajstić information content (AvgIpc) is 3.55. The van der Waals surface area contributed by atoms with Gasteiger partial charge in [0.25, 0.3) is 11.8 Å². The second-order valence-electron chi connectivity index (χ2n) is 10.5. The van der Waals surface area contributed by atoms with Gasteiger partial charge in [0, 0.05) is 49.9 Å². The Morgan fingerprint density at radius 2 is 1.88 bits per heavy atom. The fraction of sp³-hybridized carbons (Fsp3) is 0.520. The molecule has 5 atom stereocenters. The molecule has 13 nitrogen and oxygen atoms in total. The van der Waals surface area contributed by atoms with Crippen LogP contribution in [0.25, 0.3) is 10.6 Å². The zero-order valence-corrected chi connectivity index (χ0v) is 23.2. The quantitative estimate of drug-likeness (QED) is 0.486. The summed E-state index contributed by atoms with van der Waals surface area (Å²) >= 11 is 1.27. The summed E-state index contributed by atoms with van der Waals surface area (Å²) in [7, 11) is 1.50. The minimum atomic E-state index is -2.57. The van der Waals surface area contributed by atoms with E-state index in [-0.39, 0.29) is 37.7 Å². The lowest BCUT2D eigenvalue weighted by atomic mass is 10.1. The number of ketones is 1. The first-order valence-corrected chi connectivity index (χ1v) is 14.0. The number of nitrogens with one attached hydrogen (secondary N) is 1. The van der Waals surface area contributed by atoms with E-state index in [0.717, 1.165) is 4.90 Å². The third kappa shape index (κ3) is 4.49. The zero-order chi connectivity index (χ0) is 29.2. The standard InChI is InChI=1S/C25H27F2N9O4S/c1-4-14(37)7-35-22(39)18-19(33(3)24(35)40)30-11-36(18)12(2)20(38)31-17-10-41-21(32-17)13-5-28-23(29-6-13)34-8-15-16(9-34)25(15,26)27/h5-6,10-12,15-16,18-19H,4,7-9H2,1-3H3,(H,31,38)/t12-,15?,16?,18?,19?/m0/s1. The highest BCUT2D eigenvalue weighted by molar-refractivity contribution is 7.13. The van der Waals surface area contributed by atoms with Crippen molar-refractivity contribution in [3.63, 3.8) is 0 Å². The smallest absolute Gasteiger partial charge is 0.328 e. The Hall–Kier alpha value is -4.08. The van der Waals surface area contributed by atoms with Crippen LogP contribution in [0.15, 0.2) is 22.8 Å². The highest BCUT2D eigenvalue weighted by Crippen LogP contribution is 2.59. The predicted octanol–water partition coefficient (Wildman–Crippen LogP) is 1.54. The van der Waals surface area contributed by atoms with Gasteiger partial charge in [0.2, 0.25) is 11.9 Å². The molecule has 2 saturated heterocycles. The van der Waals surface area contributed by atoms with Crippen molar-refractivity contribution in [1.82, 2.24) is 29.7 Å². The van der Waals surface area contributed by atoms with Crippen LogP contribution in [0.3, 0.4) is 0 Å². The van der Waals surface area contributed by atoms with E-state index >= 15 is 0 Å². The molecule has 6 rings (SSSR count). The molecule has 1 saturated carbocycles. The summed E-state index contributed by atoms with van der Waals surface area (Å²) in [4.78, 5) is 73.9. The van der Waals surface area contributed by atoms with Crippen molar-refractivity contribution in [1.29, 1.82) is 0 Å². The number of amides is 4. The molecule has 0 aromatic carbocycles. The van der Waals surface area contributed by atoms with Gasteiger partial charge in [-0.3, -0.25) is 19.3 Å². The Kier molecular flexibility index (Phi) is 6.47. The van der Waals surface area contributed by atoms with E-state index in [1.54, 1.807) is 36.5 Å². The van der Waals surface area contributed by atoms with E-state index < -0.39 is 53.9 Å². The van der Waals surface area contributed by atoms with Crippen molar-refractivity contribution < 1.29 is 28.0 Å². The molecule has 3 fully saturated rings. The van der Waals surface area contributed by atoms with Crippen LogP contribution in [-0.4, -0.2) is 110 Å². The van der Waals surface area contributed by atoms with Gasteiger partial charge in [-0.25, -0.2) is 33.5 Å². The SMILES string of the molecule is CCC(=O)CN1C(=O)C2C(N=CN2[C@@H](C)C(=O)Nc2csc(-c3cnc(N4CC5C(C4)C5(F)F)nc3)n2)N(C)C1=O. The second-order valence-corrected chi connectivity index (χ2v) is 11.4. The number of aromatic nitrogens is 3. The number of hydrogen-bond donors (Lipinski definition) is 1. The zero-order valence-electron chi connectivity index (χ0n) is 22.4. The number of halogens is 2. The van der Waals surface area contributed by atoms with E-state index in [0.29, 0.717) is 16.5 Å². The number of carbonyl (C=O) groups excluding carboxylic acids is 4. The van der Waals surface area contributed by atoms with Crippen molar-refractivity contribution in [2.45, 2.75) is 44.4 Å². The number of rotatable bonds is 8. The van der Waals surface area contributed by atoms with Gasteiger partial charge in [0.1, 0.15) is 16.9 Å². The van der Waals surface area contributed by atoms with Crippen molar-refractivity contribution in [3.05, 3.63) is 17.8 Å². The number of nitrogens with zero attached hydrogens (tertiary/aromatic N) is 8. The number of carbonyl (C=O) groups is 4. The summed E-state index contributed by atoms with van der Waals surface area (Å²) in [5.41, 5.74) is 0.610. The van der Waals surface area contributed by atoms with Gasteiger partial charge < -0.3 is 20.0 Å². The normalized spacial score (nSPS) is 26.8. The number of thiazole rings is 1. The maximum absolute atomic E-state index is 13.5. The first kappa shape index (κ1) is 27.1. The number of urea groups is 1. The summed E-state index contributed by atoms with van der Waals surface area (Å²) < 4.78 is 27.0. The molecule has 4 unspecified atom stereocenters. The number of piperidine rings is 1. The Balaban J connectivity index is 1.09. The van der Waals surface area contributed by atoms with Gasteiger partial charge >= 0.3 is 6.03 Å². The van der Waals surface area contributed by atoms with E-state index in [9.17, 15) is 28.0 Å². The molecule has 0 spiro atoms. The van der Waals surface area contributed by atoms with Crippen LogP contribution in [0.2, 0.25) is 0 Å². The maximum Gasteiger partial charge on any atom is 0.328 e. The number of hydrogen-bond acceptors (Lipinski definition) is 11. The lowest BCUT2D eigenvalue weighted by Gasteiger charge is -2.42. The van der Waals surface area contributed by atoms with Gasteiger partial charge in [0.15, 0.2) is 18.0 Å². The molecular formula is C25H27F2N9O4S. The van der Waals surface area contributed by atoms with Crippen LogP contribution in [0.1, 0.15) is 20.3 Å². The predicted molar refractivity (Wildman–Crippen MR) is 143 cm³/mol. The number of alkyl halides is 2. The molecular weight excluding hydrogens is 560 g/mol. The molecule has 0 bridgehead atoms. The van der Waals surface area contributed by atoms with Gasteiger partial charge in [-0.15, -0.1) is 11.3 Å². The van der Waals surface area contributed by atoms with E-state index in [1.807, 2.05) is 0 Å². The molecule has 0 radical (unpaired) electrons. The molecule has 41 heavy (non-hydrogen) atoms. The summed E-state index contributed by atoms with van der Waals surface area (Å²) in [6, 6.07) is -2.41. The van der Waals surface area contributed by atoms with Crippen LogP contribution < -0.4 is 10.2 Å². The maximum atomic E-state index is 13.5. The second kappa shape index (κ2) is 9.78. The first-order valence-electron chi connectivity index (χ1n) is 13.1. The minimum absolute atomic E-state index is 0.181. The first-order chi connectivity index (χ1) is 19.5. The van der Waals surface area contributed by atoms with Gasteiger partial charge in [0.05, 0.1) is 24.7 Å². The van der Waals surface area contributed by atoms with Gasteiger partial charge in [-0.2, -0.15) is 0 Å². The Morgan fingerprint density at radius 1 is 1.20 bits per heavy atom. The van der Waals surface area contributed by atoms with Crippen molar-refractivity contribution in [2.75, 3.05) is 36.9 Å². The average molecular weight is 588 g/mol. The van der Waals surface area contributed by atoms with E-state index in [2.05, 4.69) is 25.3 Å². The van der Waals surface area contributed by atoms with Crippen LogP contribution in [0, 0.1) is 11.8 Å². The van der Waals surface area contributed by atoms with Crippen LogP contribution >= 0.6 is 11.3 Å². The lowest BCUT2D eigenvalue weighted by molar-refractivity contribution is -0.141. The molecule has 3 aliphatic heterocycles. The van der Waals surface area contributed by atoms with Gasteiger partial charge in [-0.1, -0.05) is 6.92 Å². The molecule has 2 aromatic heterocycles. The van der Waals surface area contributed by atoms with Crippen LogP contribution in [0.4, 0.5) is 25.3 Å². The summed E-state index contributed by atoms with van der Waals surface area (Å²) in [6.07, 6.45) is 3.89. The third-order valence-corrected chi connectivity index (χ3v) is 8.97. The molecule has 1 N–H and O–H groups in total. The topological polar surface area (TPSA) is 144 Å². The third-order valence-electron chi connectivity index (χ3n) is 8.08. The molecule has 1 aliphatic carbocycles. The largest absolute Gasteiger partial charge is 0.340 e. The Labute approximate surface area is 237 Å². The Bertz CT molecular complexity index is 1440. The summed E-state index contributed by atoms with van der Waals surface area (Å²) in [5.74, 6) is -4.44. The lowest BCUT2D eigenvalue weighted by Crippen LogP contribution is -2.66. The Morgan fingerprint density at radius 3 is 2.54 bits per heavy atom. The summed E-state index contributed by atoms with van der Waals surface area (Å²) in [6.45, 7) is 3.39. The van der Waals surface area contributed by atoms with Crippen molar-refractivity contribution in [2.24, 2.45) is 16.8 Å². The number of likely N-dealkylation sites (N-methyl/N-ethyl adjacent to an activating group) is 1. The number of imide groups is 1. The number of aliphatic imine (C=N–C) groups is 1. The summed E-state index contributed by atoms with van der Waals surface area (Å²) in [5, 5.41) is 4.95. The fourth-order valence-corrected chi connectivity index (χ4v) is 6.17. The molecule has 4 aliphatic rings. The fourth-order valence-electron chi connectivity index (χ4n) is 5.45. The van der Waals surface area contributed by atoms with Crippen LogP contribution in [0.5, 0.6) is 0 Å². The molecule has 4 amide bonds. The highest BCUT2D eigenvalue weighted by atomic mass is 32.1. The molecule has 2 aromatic rings. The van der Waals surface area contributed by atoms with E-state index in [1.165, 1.54) is 34.5 Å².